The van der Waals surface area contributed by atoms with Crippen molar-refractivity contribution in [3.05, 3.63) is 36.0 Å². The number of nitrogens with one attached hydrogen (secondary N) is 1. The van der Waals surface area contributed by atoms with Crippen molar-refractivity contribution in [2.45, 2.75) is 26.6 Å². The molecule has 0 spiro atoms. The average Bonchev–Trinajstić information content (AvgIpc) is 2.70. The largest absolute Gasteiger partial charge is 0.364 e. The van der Waals surface area contributed by atoms with Gasteiger partial charge in [0.05, 0.1) is 5.52 Å². The molecule has 1 N–H and O–H groups in total. The van der Waals surface area contributed by atoms with E-state index in [9.17, 15) is 0 Å². The van der Waals surface area contributed by atoms with E-state index in [2.05, 4.69) is 47.3 Å². The van der Waals surface area contributed by atoms with E-state index in [1.807, 2.05) is 0 Å². The Balaban J connectivity index is 2.28. The van der Waals surface area contributed by atoms with E-state index >= 15 is 0 Å². The Bertz CT molecular complexity index is 476. The van der Waals surface area contributed by atoms with Crippen LogP contribution in [0.4, 0.5) is 0 Å². The molecule has 0 fully saturated rings. The van der Waals surface area contributed by atoms with Crippen molar-refractivity contribution >= 4 is 10.9 Å². The summed E-state index contributed by atoms with van der Waals surface area (Å²) in [5, 5.41) is 4.76. The SMILES string of the molecule is CCCNCc1cn(COC)c2ccccc12. The maximum atomic E-state index is 5.22. The molecule has 0 atom stereocenters. The van der Waals surface area contributed by atoms with Crippen LogP contribution < -0.4 is 5.32 Å². The molecular weight excluding hydrogens is 212 g/mol. The van der Waals surface area contributed by atoms with Crippen LogP contribution in [0.2, 0.25) is 0 Å². The smallest absolute Gasteiger partial charge is 0.122 e. The van der Waals surface area contributed by atoms with E-state index in [1.54, 1.807) is 7.11 Å². The highest BCUT2D eigenvalue weighted by atomic mass is 16.5. The molecule has 3 heteroatoms. The van der Waals surface area contributed by atoms with Gasteiger partial charge in [-0.3, -0.25) is 0 Å². The molecule has 2 rings (SSSR count). The quantitative estimate of drug-likeness (QED) is 0.775. The summed E-state index contributed by atoms with van der Waals surface area (Å²) >= 11 is 0. The van der Waals surface area contributed by atoms with Crippen molar-refractivity contribution in [1.82, 2.24) is 9.88 Å². The van der Waals surface area contributed by atoms with E-state index in [0.717, 1.165) is 19.5 Å². The van der Waals surface area contributed by atoms with Gasteiger partial charge in [-0.05, 0) is 24.6 Å². The van der Waals surface area contributed by atoms with Gasteiger partial charge in [-0.25, -0.2) is 0 Å². The molecule has 0 aliphatic rings. The number of hydrogen-bond acceptors (Lipinski definition) is 2. The van der Waals surface area contributed by atoms with E-state index < -0.39 is 0 Å². The number of aromatic nitrogens is 1. The number of methoxy groups -OCH3 is 1. The molecule has 3 nitrogen and oxygen atoms in total. The van der Waals surface area contributed by atoms with Crippen LogP contribution >= 0.6 is 0 Å². The zero-order chi connectivity index (χ0) is 12.1. The van der Waals surface area contributed by atoms with Crippen LogP contribution in [0.25, 0.3) is 10.9 Å². The van der Waals surface area contributed by atoms with E-state index in [1.165, 1.54) is 16.5 Å². The Morgan fingerprint density at radius 1 is 1.29 bits per heavy atom. The third-order valence-corrected chi connectivity index (χ3v) is 2.88. The molecule has 17 heavy (non-hydrogen) atoms. The van der Waals surface area contributed by atoms with Crippen molar-refractivity contribution in [3.8, 4) is 0 Å². The Morgan fingerprint density at radius 2 is 2.12 bits per heavy atom. The predicted molar refractivity (Wildman–Crippen MR) is 70.9 cm³/mol. The van der Waals surface area contributed by atoms with Gasteiger partial charge in [0.25, 0.3) is 0 Å². The van der Waals surface area contributed by atoms with Gasteiger partial charge in [0.15, 0.2) is 0 Å². The number of ether oxygens (including phenoxy) is 1. The third-order valence-electron chi connectivity index (χ3n) is 2.88. The standard InChI is InChI=1S/C14H20N2O/c1-3-8-15-9-12-10-16(11-17-2)14-7-5-4-6-13(12)14/h4-7,10,15H,3,8-9,11H2,1-2H3. The van der Waals surface area contributed by atoms with Crippen molar-refractivity contribution in [2.24, 2.45) is 0 Å². The minimum atomic E-state index is 0.605. The molecule has 1 aromatic carbocycles. The predicted octanol–water partition coefficient (Wildman–Crippen LogP) is 2.74. The summed E-state index contributed by atoms with van der Waals surface area (Å²) < 4.78 is 7.37. The highest BCUT2D eigenvalue weighted by Crippen LogP contribution is 2.21. The van der Waals surface area contributed by atoms with Gasteiger partial charge in [0, 0.05) is 25.2 Å². The number of benzene rings is 1. The van der Waals surface area contributed by atoms with Crippen LogP contribution in [0.5, 0.6) is 0 Å². The molecule has 0 radical (unpaired) electrons. The lowest BCUT2D eigenvalue weighted by atomic mass is 10.2. The van der Waals surface area contributed by atoms with E-state index in [4.69, 9.17) is 4.74 Å². The molecule has 2 aromatic rings. The molecule has 1 aromatic heterocycles. The maximum absolute atomic E-state index is 5.22. The molecule has 0 aliphatic carbocycles. The van der Waals surface area contributed by atoms with Gasteiger partial charge in [0.2, 0.25) is 0 Å². The summed E-state index contributed by atoms with van der Waals surface area (Å²) in [6.07, 6.45) is 3.34. The summed E-state index contributed by atoms with van der Waals surface area (Å²) in [6.45, 7) is 4.77. The van der Waals surface area contributed by atoms with Crippen molar-refractivity contribution in [3.63, 3.8) is 0 Å². The zero-order valence-corrected chi connectivity index (χ0v) is 10.6. The number of fused-ring (bicyclic) bond motifs is 1. The average molecular weight is 232 g/mol. The van der Waals surface area contributed by atoms with E-state index in [0.29, 0.717) is 6.73 Å². The van der Waals surface area contributed by atoms with Crippen molar-refractivity contribution < 1.29 is 4.74 Å². The van der Waals surface area contributed by atoms with Crippen LogP contribution in [0.3, 0.4) is 0 Å². The topological polar surface area (TPSA) is 26.2 Å². The Hall–Kier alpha value is -1.32. The first-order valence-electron chi connectivity index (χ1n) is 6.13. The first kappa shape index (κ1) is 12.1. The van der Waals surface area contributed by atoms with E-state index in [-0.39, 0.29) is 0 Å². The number of nitrogens with zero attached hydrogens (tertiary/aromatic N) is 1. The van der Waals surface area contributed by atoms with Crippen LogP contribution in [-0.4, -0.2) is 18.2 Å². The second-order valence-corrected chi connectivity index (χ2v) is 4.24. The second kappa shape index (κ2) is 5.84. The van der Waals surface area contributed by atoms with Gasteiger partial charge < -0.3 is 14.6 Å². The molecule has 0 aliphatic heterocycles. The zero-order valence-electron chi connectivity index (χ0n) is 10.6. The minimum Gasteiger partial charge on any atom is -0.364 e. The summed E-state index contributed by atoms with van der Waals surface area (Å²) in [5.74, 6) is 0. The number of rotatable bonds is 6. The summed E-state index contributed by atoms with van der Waals surface area (Å²) in [7, 11) is 1.73. The fraction of sp³-hybridized carbons (Fsp3) is 0.429. The molecule has 0 saturated carbocycles. The molecule has 0 saturated heterocycles. The summed E-state index contributed by atoms with van der Waals surface area (Å²) in [6, 6.07) is 8.46. The third kappa shape index (κ3) is 2.68. The van der Waals surface area contributed by atoms with Crippen LogP contribution in [0.1, 0.15) is 18.9 Å². The highest BCUT2D eigenvalue weighted by Gasteiger charge is 2.06. The second-order valence-electron chi connectivity index (χ2n) is 4.24. The number of hydrogen-bond donors (Lipinski definition) is 1. The van der Waals surface area contributed by atoms with Crippen molar-refractivity contribution in [2.75, 3.05) is 13.7 Å². The first-order chi connectivity index (χ1) is 8.36. The molecule has 92 valence electrons. The van der Waals surface area contributed by atoms with Gasteiger partial charge in [-0.15, -0.1) is 0 Å². The molecule has 0 unspecified atom stereocenters. The maximum Gasteiger partial charge on any atom is 0.122 e. The normalized spacial score (nSPS) is 11.2. The lowest BCUT2D eigenvalue weighted by molar-refractivity contribution is 0.134. The highest BCUT2D eigenvalue weighted by molar-refractivity contribution is 5.83. The van der Waals surface area contributed by atoms with Crippen LogP contribution in [0.15, 0.2) is 30.5 Å². The fourth-order valence-corrected chi connectivity index (χ4v) is 2.11. The lowest BCUT2D eigenvalue weighted by Crippen LogP contribution is -2.13. The summed E-state index contributed by atoms with van der Waals surface area (Å²) in [4.78, 5) is 0. The molecule has 0 bridgehead atoms. The number of para-hydroxylation sites is 1. The fourth-order valence-electron chi connectivity index (χ4n) is 2.11. The Morgan fingerprint density at radius 3 is 2.88 bits per heavy atom. The molecular formula is C14H20N2O. The molecule has 1 heterocycles. The van der Waals surface area contributed by atoms with Crippen molar-refractivity contribution in [1.29, 1.82) is 0 Å². The Labute approximate surface area is 102 Å². The monoisotopic (exact) mass is 232 g/mol. The van der Waals surface area contributed by atoms with Gasteiger partial charge in [-0.2, -0.15) is 0 Å². The Kier molecular flexibility index (Phi) is 4.18. The first-order valence-corrected chi connectivity index (χ1v) is 6.13. The molecule has 0 amide bonds. The minimum absolute atomic E-state index is 0.605. The van der Waals surface area contributed by atoms with Crippen LogP contribution in [-0.2, 0) is 18.0 Å². The lowest BCUT2D eigenvalue weighted by Gasteiger charge is -2.01. The summed E-state index contributed by atoms with van der Waals surface area (Å²) in [5.41, 5.74) is 2.58. The van der Waals surface area contributed by atoms with Gasteiger partial charge in [-0.1, -0.05) is 25.1 Å². The van der Waals surface area contributed by atoms with Gasteiger partial charge in [0.1, 0.15) is 6.73 Å². The van der Waals surface area contributed by atoms with Gasteiger partial charge >= 0.3 is 0 Å². The van der Waals surface area contributed by atoms with Crippen LogP contribution in [0, 0.1) is 0 Å².